The first-order valence-corrected chi connectivity index (χ1v) is 5.74. The Morgan fingerprint density at radius 3 is 2.37 bits per heavy atom. The van der Waals surface area contributed by atoms with Crippen LogP contribution in [0.1, 0.15) is 20.3 Å². The van der Waals surface area contributed by atoms with Crippen LogP contribution in [0.4, 0.5) is 25.1 Å². The van der Waals surface area contributed by atoms with E-state index in [2.05, 4.69) is 30.3 Å². The summed E-state index contributed by atoms with van der Waals surface area (Å²) in [7, 11) is 1.55. The molecule has 0 fully saturated rings. The van der Waals surface area contributed by atoms with Crippen molar-refractivity contribution in [2.24, 2.45) is 0 Å². The van der Waals surface area contributed by atoms with E-state index in [0.29, 0.717) is 0 Å². The Labute approximate surface area is 108 Å². The maximum Gasteiger partial charge on any atom is 0.422 e. The van der Waals surface area contributed by atoms with Crippen LogP contribution in [0.25, 0.3) is 0 Å². The van der Waals surface area contributed by atoms with Gasteiger partial charge in [0.1, 0.15) is 0 Å². The Bertz CT molecular complexity index is 413. The van der Waals surface area contributed by atoms with Gasteiger partial charge in [0.05, 0.1) is 0 Å². The molecule has 6 nitrogen and oxygen atoms in total. The molecule has 1 unspecified atom stereocenters. The highest BCUT2D eigenvalue weighted by Crippen LogP contribution is 2.17. The van der Waals surface area contributed by atoms with E-state index < -0.39 is 12.8 Å². The lowest BCUT2D eigenvalue weighted by Gasteiger charge is -2.13. The number of nitrogens with zero attached hydrogens (tertiary/aromatic N) is 3. The minimum absolute atomic E-state index is 0.0857. The van der Waals surface area contributed by atoms with Crippen LogP contribution in [-0.2, 0) is 0 Å². The van der Waals surface area contributed by atoms with Crippen LogP contribution in [0.2, 0.25) is 0 Å². The van der Waals surface area contributed by atoms with Gasteiger partial charge in [-0.05, 0) is 13.3 Å². The number of aromatic nitrogens is 3. The van der Waals surface area contributed by atoms with Crippen LogP contribution in [0.15, 0.2) is 0 Å². The van der Waals surface area contributed by atoms with Crippen LogP contribution >= 0.6 is 0 Å². The molecule has 19 heavy (non-hydrogen) atoms. The average molecular weight is 279 g/mol. The molecular formula is C10H16F3N5O. The molecule has 1 aromatic rings. The van der Waals surface area contributed by atoms with Crippen LogP contribution in [-0.4, -0.2) is 40.8 Å². The summed E-state index contributed by atoms with van der Waals surface area (Å²) < 4.78 is 40.7. The van der Waals surface area contributed by atoms with Gasteiger partial charge >= 0.3 is 12.2 Å². The molecule has 0 radical (unpaired) electrons. The minimum Gasteiger partial charge on any atom is -0.454 e. The summed E-state index contributed by atoms with van der Waals surface area (Å²) in [5.41, 5.74) is 0. The van der Waals surface area contributed by atoms with Crippen molar-refractivity contribution >= 4 is 11.9 Å². The van der Waals surface area contributed by atoms with Crippen molar-refractivity contribution in [1.29, 1.82) is 0 Å². The highest BCUT2D eigenvalue weighted by molar-refractivity contribution is 5.35. The molecule has 0 aliphatic rings. The summed E-state index contributed by atoms with van der Waals surface area (Å²) in [5.74, 6) is 0.309. The lowest BCUT2D eigenvalue weighted by molar-refractivity contribution is -0.154. The molecule has 1 atom stereocenters. The second-order valence-electron chi connectivity index (χ2n) is 3.87. The van der Waals surface area contributed by atoms with Gasteiger partial charge < -0.3 is 15.4 Å². The van der Waals surface area contributed by atoms with Crippen LogP contribution < -0.4 is 15.4 Å². The van der Waals surface area contributed by atoms with Crippen molar-refractivity contribution in [3.05, 3.63) is 0 Å². The predicted molar refractivity (Wildman–Crippen MR) is 64.3 cm³/mol. The first-order chi connectivity index (χ1) is 8.84. The standard InChI is InChI=1S/C10H16F3N5O/c1-4-6(2)15-8-16-7(14-3)17-9(18-8)19-5-10(11,12)13/h6H,4-5H2,1-3H3,(H2,14,15,16,17,18). The maximum atomic E-state index is 12.1. The Kier molecular flexibility index (Phi) is 5.13. The Morgan fingerprint density at radius 2 is 1.84 bits per heavy atom. The van der Waals surface area contributed by atoms with Crippen molar-refractivity contribution in [3.8, 4) is 6.01 Å². The van der Waals surface area contributed by atoms with Gasteiger partial charge in [-0.1, -0.05) is 6.92 Å². The molecule has 0 aromatic carbocycles. The molecule has 0 amide bonds. The van der Waals surface area contributed by atoms with Crippen LogP contribution in [0.3, 0.4) is 0 Å². The van der Waals surface area contributed by atoms with E-state index in [-0.39, 0.29) is 23.9 Å². The Morgan fingerprint density at radius 1 is 1.21 bits per heavy atom. The molecule has 0 saturated heterocycles. The summed E-state index contributed by atoms with van der Waals surface area (Å²) in [6.07, 6.45) is -3.62. The number of hydrogen-bond donors (Lipinski definition) is 2. The number of ether oxygens (including phenoxy) is 1. The zero-order valence-electron chi connectivity index (χ0n) is 10.9. The number of halogens is 3. The number of rotatable bonds is 6. The van der Waals surface area contributed by atoms with Crippen molar-refractivity contribution < 1.29 is 17.9 Å². The van der Waals surface area contributed by atoms with Crippen molar-refractivity contribution in [2.45, 2.75) is 32.5 Å². The first-order valence-electron chi connectivity index (χ1n) is 5.74. The molecule has 0 bridgehead atoms. The number of hydrogen-bond acceptors (Lipinski definition) is 6. The second-order valence-corrected chi connectivity index (χ2v) is 3.87. The SMILES string of the molecule is CCC(C)Nc1nc(NC)nc(OCC(F)(F)F)n1. The largest absolute Gasteiger partial charge is 0.454 e. The topological polar surface area (TPSA) is 72.0 Å². The predicted octanol–water partition coefficient (Wildman–Crippen LogP) is 2.06. The van der Waals surface area contributed by atoms with Crippen LogP contribution in [0, 0.1) is 0 Å². The zero-order valence-corrected chi connectivity index (χ0v) is 10.9. The van der Waals surface area contributed by atoms with Gasteiger partial charge in [0.15, 0.2) is 6.61 Å². The highest BCUT2D eigenvalue weighted by Gasteiger charge is 2.29. The molecular weight excluding hydrogens is 263 g/mol. The third-order valence-electron chi connectivity index (χ3n) is 2.19. The van der Waals surface area contributed by atoms with Gasteiger partial charge in [0, 0.05) is 13.1 Å². The lowest BCUT2D eigenvalue weighted by atomic mass is 10.3. The summed E-state index contributed by atoms with van der Waals surface area (Å²) in [5, 5.41) is 5.57. The van der Waals surface area contributed by atoms with Crippen molar-refractivity contribution in [2.75, 3.05) is 24.3 Å². The number of alkyl halides is 3. The molecule has 9 heteroatoms. The highest BCUT2D eigenvalue weighted by atomic mass is 19.4. The normalized spacial score (nSPS) is 12.9. The molecule has 0 spiro atoms. The van der Waals surface area contributed by atoms with Crippen molar-refractivity contribution in [3.63, 3.8) is 0 Å². The molecule has 0 saturated carbocycles. The fraction of sp³-hybridized carbons (Fsp3) is 0.700. The summed E-state index contributed by atoms with van der Waals surface area (Å²) in [4.78, 5) is 11.4. The molecule has 1 rings (SSSR count). The second kappa shape index (κ2) is 6.39. The molecule has 2 N–H and O–H groups in total. The van der Waals surface area contributed by atoms with Gasteiger partial charge in [-0.25, -0.2) is 0 Å². The van der Waals surface area contributed by atoms with Crippen molar-refractivity contribution in [1.82, 2.24) is 15.0 Å². The fourth-order valence-electron chi connectivity index (χ4n) is 1.07. The molecule has 1 aromatic heterocycles. The van der Waals surface area contributed by atoms with Gasteiger partial charge in [-0.2, -0.15) is 28.1 Å². The zero-order chi connectivity index (χ0) is 14.5. The molecule has 0 aliphatic heterocycles. The van der Waals surface area contributed by atoms with Gasteiger partial charge in [-0.3, -0.25) is 0 Å². The number of nitrogens with one attached hydrogen (secondary N) is 2. The lowest BCUT2D eigenvalue weighted by Crippen LogP contribution is -2.21. The molecule has 1 heterocycles. The van der Waals surface area contributed by atoms with E-state index in [0.717, 1.165) is 6.42 Å². The summed E-state index contributed by atoms with van der Waals surface area (Å²) >= 11 is 0. The Balaban J connectivity index is 2.83. The summed E-state index contributed by atoms with van der Waals surface area (Å²) in [6.45, 7) is 2.42. The number of anilines is 2. The average Bonchev–Trinajstić information content (AvgIpc) is 2.35. The Hall–Kier alpha value is -1.80. The van der Waals surface area contributed by atoms with E-state index in [9.17, 15) is 13.2 Å². The monoisotopic (exact) mass is 279 g/mol. The summed E-state index contributed by atoms with van der Waals surface area (Å²) in [6, 6.07) is -0.287. The van der Waals surface area contributed by atoms with E-state index in [1.807, 2.05) is 13.8 Å². The quantitative estimate of drug-likeness (QED) is 0.830. The van der Waals surface area contributed by atoms with E-state index in [1.165, 1.54) is 0 Å². The molecule has 108 valence electrons. The minimum atomic E-state index is -4.43. The third kappa shape index (κ3) is 5.58. The smallest absolute Gasteiger partial charge is 0.422 e. The fourth-order valence-corrected chi connectivity index (χ4v) is 1.07. The van der Waals surface area contributed by atoms with Gasteiger partial charge in [0.25, 0.3) is 0 Å². The van der Waals surface area contributed by atoms with E-state index >= 15 is 0 Å². The maximum absolute atomic E-state index is 12.1. The van der Waals surface area contributed by atoms with E-state index in [1.54, 1.807) is 7.05 Å². The van der Waals surface area contributed by atoms with Crippen LogP contribution in [0.5, 0.6) is 6.01 Å². The molecule has 0 aliphatic carbocycles. The third-order valence-corrected chi connectivity index (χ3v) is 2.19. The first kappa shape index (κ1) is 15.3. The van der Waals surface area contributed by atoms with Gasteiger partial charge in [0.2, 0.25) is 11.9 Å². The van der Waals surface area contributed by atoms with Gasteiger partial charge in [-0.15, -0.1) is 0 Å². The van der Waals surface area contributed by atoms with E-state index in [4.69, 9.17) is 0 Å².